The van der Waals surface area contributed by atoms with Crippen LogP contribution in [0.15, 0.2) is 34.8 Å². The highest BCUT2D eigenvalue weighted by atomic mass is 32.2. The zero-order valence-corrected chi connectivity index (χ0v) is 28.7. The summed E-state index contributed by atoms with van der Waals surface area (Å²) in [6.45, 7) is 5.07. The number of rotatable bonds is 10. The Kier molecular flexibility index (Phi) is 8.64. The topological polar surface area (TPSA) is 163 Å². The number of nitrogens with one attached hydrogen (secondary N) is 2. The van der Waals surface area contributed by atoms with Crippen LogP contribution in [-0.2, 0) is 16.4 Å². The van der Waals surface area contributed by atoms with Crippen LogP contribution in [0.1, 0.15) is 52.7 Å². The molecule has 4 aromatic heterocycles. The van der Waals surface area contributed by atoms with Crippen LogP contribution < -0.4 is 10.6 Å². The predicted octanol–water partition coefficient (Wildman–Crippen LogP) is 5.29. The molecule has 2 aliphatic carbocycles. The van der Waals surface area contributed by atoms with E-state index in [0.29, 0.717) is 27.9 Å². The van der Waals surface area contributed by atoms with Crippen molar-refractivity contribution in [1.29, 1.82) is 0 Å². The monoisotopic (exact) mass is 713 g/mol. The van der Waals surface area contributed by atoms with E-state index >= 15 is 0 Å². The Bertz CT molecular complexity index is 2100. The molecule has 1 aromatic carbocycles. The molecule has 0 spiro atoms. The van der Waals surface area contributed by atoms with Crippen LogP contribution in [0.2, 0.25) is 0 Å². The molecule has 5 aromatic rings. The van der Waals surface area contributed by atoms with Gasteiger partial charge in [-0.2, -0.15) is 4.98 Å². The Morgan fingerprint density at radius 3 is 2.40 bits per heavy atom. The normalized spacial score (nSPS) is 21.2. The summed E-state index contributed by atoms with van der Waals surface area (Å²) in [6, 6.07) is 4.73. The summed E-state index contributed by atoms with van der Waals surface area (Å²) in [7, 11) is -3.83. The summed E-state index contributed by atoms with van der Waals surface area (Å²) in [5.41, 5.74) is 3.26. The SMILES string of the molecule is Cc1nc(S(=O)(=O)C[C@H]2C[C@@H](Nc3nc(NCc4c(F)cccc4F)nc(C)c3-c3nc4c(C5CC5)nccc4s3)[C@H](O)[C@@H]2O)sc1C. The Morgan fingerprint density at radius 1 is 0.958 bits per heavy atom. The van der Waals surface area contributed by atoms with E-state index in [-0.39, 0.29) is 40.4 Å². The van der Waals surface area contributed by atoms with Gasteiger partial charge in [-0.25, -0.2) is 32.2 Å². The number of nitrogens with zero attached hydrogens (tertiary/aromatic N) is 5. The predicted molar refractivity (Wildman–Crippen MR) is 180 cm³/mol. The maximum Gasteiger partial charge on any atom is 0.225 e. The zero-order valence-electron chi connectivity index (χ0n) is 26.2. The van der Waals surface area contributed by atoms with E-state index in [9.17, 15) is 27.4 Å². The number of pyridine rings is 1. The molecule has 2 saturated carbocycles. The van der Waals surface area contributed by atoms with Gasteiger partial charge in [0.1, 0.15) is 34.1 Å². The van der Waals surface area contributed by atoms with Gasteiger partial charge in [0.25, 0.3) is 0 Å². The maximum atomic E-state index is 14.4. The van der Waals surface area contributed by atoms with Gasteiger partial charge in [-0.3, -0.25) is 4.98 Å². The number of sulfone groups is 1. The first kappa shape index (κ1) is 32.8. The third-order valence-corrected chi connectivity index (χ3v) is 13.3. The number of anilines is 2. The minimum atomic E-state index is -3.83. The first-order chi connectivity index (χ1) is 22.9. The van der Waals surface area contributed by atoms with Gasteiger partial charge in [-0.1, -0.05) is 6.07 Å². The van der Waals surface area contributed by atoms with Crippen LogP contribution in [-0.4, -0.2) is 67.6 Å². The molecule has 0 radical (unpaired) electrons. The zero-order chi connectivity index (χ0) is 33.9. The largest absolute Gasteiger partial charge is 0.390 e. The Balaban J connectivity index is 1.22. The van der Waals surface area contributed by atoms with Gasteiger partial charge >= 0.3 is 0 Å². The fraction of sp³-hybridized carbons (Fsp3) is 0.406. The third-order valence-electron chi connectivity index (χ3n) is 8.92. The molecule has 4 N–H and O–H groups in total. The molecule has 48 heavy (non-hydrogen) atoms. The second-order valence-corrected chi connectivity index (χ2v) is 16.8. The van der Waals surface area contributed by atoms with Gasteiger partial charge in [0.2, 0.25) is 20.1 Å². The Labute approximate surface area is 283 Å². The second kappa shape index (κ2) is 12.6. The number of aryl methyl sites for hydroxylation is 3. The number of fused-ring (bicyclic) bond motifs is 1. The molecule has 4 atom stereocenters. The first-order valence-electron chi connectivity index (χ1n) is 15.5. The van der Waals surface area contributed by atoms with E-state index in [4.69, 9.17) is 4.98 Å². The van der Waals surface area contributed by atoms with Crippen molar-refractivity contribution >= 4 is 54.5 Å². The summed E-state index contributed by atoms with van der Waals surface area (Å²) < 4.78 is 56.2. The molecule has 0 saturated heterocycles. The summed E-state index contributed by atoms with van der Waals surface area (Å²) >= 11 is 2.52. The fourth-order valence-electron chi connectivity index (χ4n) is 6.06. The van der Waals surface area contributed by atoms with Crippen LogP contribution in [0.3, 0.4) is 0 Å². The van der Waals surface area contributed by atoms with Crippen molar-refractivity contribution < 1.29 is 27.4 Å². The van der Waals surface area contributed by atoms with Crippen molar-refractivity contribution in [2.75, 3.05) is 16.4 Å². The molecular formula is C32H33F2N7O4S3. The summed E-state index contributed by atoms with van der Waals surface area (Å²) in [5.74, 6) is -1.89. The molecule has 7 rings (SSSR count). The lowest BCUT2D eigenvalue weighted by molar-refractivity contribution is 0.0216. The number of aromatic nitrogens is 5. The van der Waals surface area contributed by atoms with Gasteiger partial charge < -0.3 is 20.8 Å². The lowest BCUT2D eigenvalue weighted by atomic mass is 10.1. The molecule has 2 aliphatic rings. The van der Waals surface area contributed by atoms with Crippen LogP contribution in [0, 0.1) is 38.3 Å². The highest BCUT2D eigenvalue weighted by Gasteiger charge is 2.44. The van der Waals surface area contributed by atoms with Crippen molar-refractivity contribution in [1.82, 2.24) is 24.9 Å². The van der Waals surface area contributed by atoms with Crippen molar-refractivity contribution in [3.05, 3.63) is 69.6 Å². The Hall–Kier alpha value is -3.70. The number of thiazole rings is 2. The van der Waals surface area contributed by atoms with Crippen molar-refractivity contribution in [2.24, 2.45) is 5.92 Å². The minimum absolute atomic E-state index is 0.0118. The van der Waals surface area contributed by atoms with E-state index < -0.39 is 45.6 Å². The minimum Gasteiger partial charge on any atom is -0.390 e. The fourth-order valence-corrected chi connectivity index (χ4v) is 10.2. The van der Waals surface area contributed by atoms with Crippen molar-refractivity contribution in [3.63, 3.8) is 0 Å². The molecule has 16 heteroatoms. The quantitative estimate of drug-likeness (QED) is 0.149. The summed E-state index contributed by atoms with van der Waals surface area (Å²) in [6.07, 6.45) is 1.34. The second-order valence-electron chi connectivity index (χ2n) is 12.4. The number of benzene rings is 1. The van der Waals surface area contributed by atoms with E-state index in [1.807, 2.05) is 6.07 Å². The number of aliphatic hydroxyl groups excluding tert-OH is 2. The number of halogens is 2. The third kappa shape index (κ3) is 6.27. The van der Waals surface area contributed by atoms with Crippen molar-refractivity contribution in [2.45, 2.75) is 75.1 Å². The van der Waals surface area contributed by atoms with Gasteiger partial charge in [0, 0.05) is 35.0 Å². The summed E-state index contributed by atoms with van der Waals surface area (Å²) in [5, 5.41) is 28.9. The molecule has 4 heterocycles. The van der Waals surface area contributed by atoms with Gasteiger partial charge in [-0.05, 0) is 58.2 Å². The van der Waals surface area contributed by atoms with Gasteiger partial charge in [0.05, 0.1) is 45.2 Å². The first-order valence-corrected chi connectivity index (χ1v) is 18.8. The molecule has 252 valence electrons. The molecule has 0 bridgehead atoms. The molecule has 0 unspecified atom stereocenters. The molecule has 0 aliphatic heterocycles. The molecule has 11 nitrogen and oxygen atoms in total. The highest BCUT2D eigenvalue weighted by Crippen LogP contribution is 2.45. The lowest BCUT2D eigenvalue weighted by Gasteiger charge is -2.21. The molecule has 0 amide bonds. The highest BCUT2D eigenvalue weighted by molar-refractivity contribution is 7.93. The average molecular weight is 714 g/mol. The smallest absolute Gasteiger partial charge is 0.225 e. The van der Waals surface area contributed by atoms with Crippen LogP contribution in [0.4, 0.5) is 20.5 Å². The van der Waals surface area contributed by atoms with Gasteiger partial charge in [0.15, 0.2) is 0 Å². The standard InChI is InChI=1S/C32H33F2N7O4S3/c1-14-16(3)46-32(38-14)48(44,45)13-18-11-22(28(43)27(18)42)39-29-24(30-40-26-23(47-30)9-10-35-25(26)17-7-8-17)15(2)37-31(41-29)36-12-19-20(33)5-4-6-21(19)34/h4-6,9-10,17-18,22,27-28,42-43H,7-8,11-13H2,1-3H3,(H2,36,37,39,41)/t18-,22-,27-,28+/m1/s1. The van der Waals surface area contributed by atoms with Crippen molar-refractivity contribution in [3.8, 4) is 10.6 Å². The number of hydrogen-bond donors (Lipinski definition) is 4. The molecule has 2 fully saturated rings. The number of hydrogen-bond acceptors (Lipinski definition) is 13. The van der Waals surface area contributed by atoms with E-state index in [2.05, 4.69) is 30.6 Å². The van der Waals surface area contributed by atoms with E-state index in [1.165, 1.54) is 29.5 Å². The van der Waals surface area contributed by atoms with Crippen LogP contribution in [0.5, 0.6) is 0 Å². The molecular weight excluding hydrogens is 681 g/mol. The summed E-state index contributed by atoms with van der Waals surface area (Å²) in [4.78, 5) is 23.8. The lowest BCUT2D eigenvalue weighted by Crippen LogP contribution is -2.36. The number of aliphatic hydroxyl groups is 2. The van der Waals surface area contributed by atoms with E-state index in [0.717, 1.165) is 45.0 Å². The van der Waals surface area contributed by atoms with Crippen LogP contribution in [0.25, 0.3) is 20.8 Å². The van der Waals surface area contributed by atoms with E-state index in [1.54, 1.807) is 27.0 Å². The Morgan fingerprint density at radius 2 is 1.71 bits per heavy atom. The maximum absolute atomic E-state index is 14.4. The average Bonchev–Trinajstić information content (AvgIpc) is 3.62. The van der Waals surface area contributed by atoms with Gasteiger partial charge in [-0.15, -0.1) is 22.7 Å². The van der Waals surface area contributed by atoms with Crippen LogP contribution >= 0.6 is 22.7 Å².